The molecule has 0 radical (unpaired) electrons. The van der Waals surface area contributed by atoms with Crippen LogP contribution >= 0.6 is 0 Å². The van der Waals surface area contributed by atoms with Gasteiger partial charge in [-0.25, -0.2) is 0 Å². The van der Waals surface area contributed by atoms with Crippen molar-refractivity contribution in [3.8, 4) is 0 Å². The fraction of sp³-hybridized carbons (Fsp3) is 0.818. The molecule has 0 aromatic carbocycles. The molecule has 12 heavy (non-hydrogen) atoms. The van der Waals surface area contributed by atoms with Crippen molar-refractivity contribution in [1.29, 1.82) is 0 Å². The molecule has 2 unspecified atom stereocenters. The molecule has 0 N–H and O–H groups in total. The molecule has 4 aliphatic rings. The number of rotatable bonds is 0. The van der Waals surface area contributed by atoms with Crippen molar-refractivity contribution in [1.82, 2.24) is 4.90 Å². The van der Waals surface area contributed by atoms with Crippen LogP contribution in [0.1, 0.15) is 19.8 Å². The van der Waals surface area contributed by atoms with Gasteiger partial charge in [0.25, 0.3) is 0 Å². The van der Waals surface area contributed by atoms with Gasteiger partial charge >= 0.3 is 0 Å². The first-order valence-corrected chi connectivity index (χ1v) is 5.25. The second-order valence-electron chi connectivity index (χ2n) is 4.74. The van der Waals surface area contributed by atoms with E-state index in [-0.39, 0.29) is 0 Å². The Morgan fingerprint density at radius 1 is 1.17 bits per heavy atom. The van der Waals surface area contributed by atoms with E-state index in [4.69, 9.17) is 0 Å². The van der Waals surface area contributed by atoms with E-state index in [9.17, 15) is 0 Å². The molecule has 4 bridgehead atoms. The molecule has 3 saturated heterocycles. The summed E-state index contributed by atoms with van der Waals surface area (Å²) in [6.45, 7) is 6.37. The molecule has 4 fully saturated rings. The summed E-state index contributed by atoms with van der Waals surface area (Å²) >= 11 is 0. The zero-order valence-electron chi connectivity index (χ0n) is 7.79. The van der Waals surface area contributed by atoms with Gasteiger partial charge in [0.2, 0.25) is 0 Å². The molecule has 1 saturated carbocycles. The Labute approximate surface area is 74.4 Å². The van der Waals surface area contributed by atoms with E-state index in [1.54, 1.807) is 5.57 Å². The van der Waals surface area contributed by atoms with E-state index >= 15 is 0 Å². The largest absolute Gasteiger partial charge is 0.302 e. The predicted octanol–water partition coefficient (Wildman–Crippen LogP) is 1.90. The fourth-order valence-electron chi connectivity index (χ4n) is 3.70. The molecular weight excluding hydrogens is 146 g/mol. The number of hydrogen-bond donors (Lipinski definition) is 0. The minimum Gasteiger partial charge on any atom is -0.302 e. The van der Waals surface area contributed by atoms with Crippen LogP contribution < -0.4 is 0 Å². The summed E-state index contributed by atoms with van der Waals surface area (Å²) < 4.78 is 0. The number of allylic oxidation sites excluding steroid dienone is 1. The maximum absolute atomic E-state index is 2.68. The first-order chi connectivity index (χ1) is 5.86. The highest BCUT2D eigenvalue weighted by Crippen LogP contribution is 2.46. The van der Waals surface area contributed by atoms with E-state index < -0.39 is 0 Å². The van der Waals surface area contributed by atoms with Crippen molar-refractivity contribution in [2.75, 3.05) is 19.6 Å². The molecule has 0 spiro atoms. The van der Waals surface area contributed by atoms with Crippen LogP contribution in [0.25, 0.3) is 0 Å². The van der Waals surface area contributed by atoms with Gasteiger partial charge in [0.1, 0.15) is 0 Å². The average molecular weight is 163 g/mol. The minimum atomic E-state index is 0.946. The van der Waals surface area contributed by atoms with Crippen molar-refractivity contribution < 1.29 is 0 Å². The molecular formula is C11H17N. The Hall–Kier alpha value is -0.300. The first kappa shape index (κ1) is 7.14. The Kier molecular flexibility index (Phi) is 1.40. The maximum atomic E-state index is 2.68. The highest BCUT2D eigenvalue weighted by Gasteiger charge is 2.43. The Morgan fingerprint density at radius 3 is 2.33 bits per heavy atom. The first-order valence-electron chi connectivity index (χ1n) is 5.25. The molecule has 1 heteroatoms. The predicted molar refractivity (Wildman–Crippen MR) is 49.9 cm³/mol. The van der Waals surface area contributed by atoms with Crippen molar-refractivity contribution in [2.24, 2.45) is 17.8 Å². The van der Waals surface area contributed by atoms with Gasteiger partial charge in [0.15, 0.2) is 0 Å². The molecule has 1 aliphatic carbocycles. The highest BCUT2D eigenvalue weighted by atomic mass is 15.2. The van der Waals surface area contributed by atoms with Gasteiger partial charge in [-0.05, 0) is 37.5 Å². The average Bonchev–Trinajstić information content (AvgIpc) is 2.02. The second kappa shape index (κ2) is 2.35. The minimum absolute atomic E-state index is 0.946. The normalized spacial score (nSPS) is 49.9. The number of piperidine rings is 3. The van der Waals surface area contributed by atoms with E-state index in [0.717, 1.165) is 17.8 Å². The number of nitrogens with zero attached hydrogens (tertiary/aromatic N) is 1. The van der Waals surface area contributed by atoms with Crippen LogP contribution in [0.15, 0.2) is 11.6 Å². The topological polar surface area (TPSA) is 3.24 Å². The standard InChI is InChI=1S/C11H17N/c1-2-11-9-3-8-4-10(11)7-12(5-8)6-9/h2,8-10H,3-7H2,1H3. The van der Waals surface area contributed by atoms with E-state index in [1.807, 2.05) is 0 Å². The zero-order chi connectivity index (χ0) is 8.13. The van der Waals surface area contributed by atoms with Gasteiger partial charge in [0.05, 0.1) is 0 Å². The van der Waals surface area contributed by atoms with Crippen LogP contribution in [0.4, 0.5) is 0 Å². The summed E-state index contributed by atoms with van der Waals surface area (Å²) in [5.41, 5.74) is 1.79. The molecule has 1 nitrogen and oxygen atoms in total. The summed E-state index contributed by atoms with van der Waals surface area (Å²) in [6, 6.07) is 0. The molecule has 4 rings (SSSR count). The van der Waals surface area contributed by atoms with Gasteiger partial charge in [-0.1, -0.05) is 11.6 Å². The van der Waals surface area contributed by atoms with Gasteiger partial charge < -0.3 is 4.90 Å². The van der Waals surface area contributed by atoms with Crippen LogP contribution in [-0.2, 0) is 0 Å². The lowest BCUT2D eigenvalue weighted by molar-refractivity contribution is 0.0247. The van der Waals surface area contributed by atoms with Crippen molar-refractivity contribution in [3.63, 3.8) is 0 Å². The SMILES string of the molecule is CC=C1C2CC3CC1CN(C3)C2. The summed E-state index contributed by atoms with van der Waals surface area (Å²) in [6.07, 6.45) is 5.38. The van der Waals surface area contributed by atoms with Crippen LogP contribution in [-0.4, -0.2) is 24.5 Å². The van der Waals surface area contributed by atoms with Crippen LogP contribution in [0.2, 0.25) is 0 Å². The summed E-state index contributed by atoms with van der Waals surface area (Å²) in [5, 5.41) is 0. The van der Waals surface area contributed by atoms with Crippen LogP contribution in [0.3, 0.4) is 0 Å². The zero-order valence-corrected chi connectivity index (χ0v) is 7.79. The van der Waals surface area contributed by atoms with E-state index in [1.165, 1.54) is 32.5 Å². The van der Waals surface area contributed by atoms with Gasteiger partial charge in [-0.15, -0.1) is 0 Å². The molecule has 0 amide bonds. The number of hydrogen-bond acceptors (Lipinski definition) is 1. The fourth-order valence-corrected chi connectivity index (χ4v) is 3.70. The lowest BCUT2D eigenvalue weighted by Crippen LogP contribution is -2.54. The van der Waals surface area contributed by atoms with Gasteiger partial charge in [-0.2, -0.15) is 0 Å². The molecule has 66 valence electrons. The monoisotopic (exact) mass is 163 g/mol. The Bertz CT molecular complexity index is 199. The van der Waals surface area contributed by atoms with Crippen molar-refractivity contribution in [2.45, 2.75) is 19.8 Å². The maximum Gasteiger partial charge on any atom is 0.00476 e. The van der Waals surface area contributed by atoms with Gasteiger partial charge in [-0.3, -0.25) is 0 Å². The third-order valence-electron chi connectivity index (χ3n) is 3.99. The Morgan fingerprint density at radius 2 is 1.83 bits per heavy atom. The van der Waals surface area contributed by atoms with E-state index in [0.29, 0.717) is 0 Å². The van der Waals surface area contributed by atoms with Crippen LogP contribution in [0, 0.1) is 17.8 Å². The Balaban J connectivity index is 1.95. The molecule has 3 heterocycles. The lowest BCUT2D eigenvalue weighted by Gasteiger charge is -2.53. The third kappa shape index (κ3) is 0.832. The van der Waals surface area contributed by atoms with Crippen molar-refractivity contribution in [3.05, 3.63) is 11.6 Å². The van der Waals surface area contributed by atoms with E-state index in [2.05, 4.69) is 17.9 Å². The molecule has 0 aromatic heterocycles. The lowest BCUT2D eigenvalue weighted by atomic mass is 9.65. The smallest absolute Gasteiger partial charge is 0.00476 e. The summed E-state index contributed by atoms with van der Waals surface area (Å²) in [4.78, 5) is 2.68. The molecule has 2 atom stereocenters. The molecule has 0 aromatic rings. The van der Waals surface area contributed by atoms with Gasteiger partial charge in [0, 0.05) is 19.6 Å². The van der Waals surface area contributed by atoms with Crippen molar-refractivity contribution >= 4 is 0 Å². The second-order valence-corrected chi connectivity index (χ2v) is 4.74. The van der Waals surface area contributed by atoms with Crippen LogP contribution in [0.5, 0.6) is 0 Å². The third-order valence-corrected chi connectivity index (χ3v) is 3.99. The highest BCUT2D eigenvalue weighted by molar-refractivity contribution is 5.20. The summed E-state index contributed by atoms with van der Waals surface area (Å²) in [7, 11) is 0. The quantitative estimate of drug-likeness (QED) is 0.493. The summed E-state index contributed by atoms with van der Waals surface area (Å²) in [5.74, 6) is 2.94. The molecule has 3 aliphatic heterocycles.